The van der Waals surface area contributed by atoms with Crippen LogP contribution in [0.15, 0.2) is 29.2 Å². The van der Waals surface area contributed by atoms with Crippen molar-refractivity contribution in [3.05, 3.63) is 29.3 Å². The zero-order chi connectivity index (χ0) is 13.3. The molecule has 0 spiro atoms. The normalized spacial score (nSPS) is 12.6. The van der Waals surface area contributed by atoms with Gasteiger partial charge in [0.05, 0.1) is 0 Å². The van der Waals surface area contributed by atoms with E-state index in [1.165, 1.54) is 45.0 Å². The smallest absolute Gasteiger partial charge is 0.291 e. The van der Waals surface area contributed by atoms with Gasteiger partial charge in [0, 0.05) is 15.3 Å². The molecule has 0 aliphatic heterocycles. The lowest BCUT2D eigenvalue weighted by atomic mass is 9.91. The van der Waals surface area contributed by atoms with Crippen LogP contribution in [0.1, 0.15) is 20.8 Å². The third-order valence-electron chi connectivity index (χ3n) is 2.01. The van der Waals surface area contributed by atoms with Crippen LogP contribution in [-0.4, -0.2) is 11.0 Å². The molecule has 0 fully saturated rings. The standard InChI is InChI=1S/C12H13ClF2OS/c1-11(2,3)10(16)12(14,15)17-9-6-4-8(13)5-7-9/h4-7H,1-3H3. The van der Waals surface area contributed by atoms with E-state index in [-0.39, 0.29) is 11.8 Å². The molecule has 0 heterocycles. The molecule has 0 saturated carbocycles. The Kier molecular flexibility index (Phi) is 4.20. The van der Waals surface area contributed by atoms with E-state index in [0.717, 1.165) is 0 Å². The molecular formula is C12H13ClF2OS. The molecule has 0 aliphatic rings. The van der Waals surface area contributed by atoms with Crippen molar-refractivity contribution in [2.24, 2.45) is 5.41 Å². The van der Waals surface area contributed by atoms with E-state index >= 15 is 0 Å². The number of thioether (sulfide) groups is 1. The Labute approximate surface area is 109 Å². The Hall–Kier alpha value is -0.610. The summed E-state index contributed by atoms with van der Waals surface area (Å²) >= 11 is 5.90. The lowest BCUT2D eigenvalue weighted by Gasteiger charge is -2.23. The topological polar surface area (TPSA) is 17.1 Å². The van der Waals surface area contributed by atoms with E-state index in [1.807, 2.05) is 0 Å². The van der Waals surface area contributed by atoms with Crippen molar-refractivity contribution in [3.8, 4) is 0 Å². The zero-order valence-corrected chi connectivity index (χ0v) is 11.3. The van der Waals surface area contributed by atoms with Gasteiger partial charge in [-0.25, -0.2) is 0 Å². The molecule has 0 N–H and O–H groups in total. The molecule has 0 atom stereocenters. The lowest BCUT2D eigenvalue weighted by Crippen LogP contribution is -2.35. The van der Waals surface area contributed by atoms with E-state index in [0.29, 0.717) is 9.92 Å². The van der Waals surface area contributed by atoms with Crippen molar-refractivity contribution in [1.29, 1.82) is 0 Å². The SMILES string of the molecule is CC(C)(C)C(=O)C(F)(F)Sc1ccc(Cl)cc1. The van der Waals surface area contributed by atoms with Crippen molar-refractivity contribution in [3.63, 3.8) is 0 Å². The molecule has 17 heavy (non-hydrogen) atoms. The van der Waals surface area contributed by atoms with Gasteiger partial charge in [0.15, 0.2) is 0 Å². The fourth-order valence-corrected chi connectivity index (χ4v) is 2.23. The number of halogens is 3. The van der Waals surface area contributed by atoms with Crippen LogP contribution >= 0.6 is 23.4 Å². The molecule has 1 aromatic carbocycles. The van der Waals surface area contributed by atoms with Gasteiger partial charge in [-0.05, 0) is 36.0 Å². The minimum absolute atomic E-state index is 0.248. The quantitative estimate of drug-likeness (QED) is 0.749. The summed E-state index contributed by atoms with van der Waals surface area (Å²) in [6.45, 7) is 4.43. The van der Waals surface area contributed by atoms with Crippen LogP contribution in [0.5, 0.6) is 0 Å². The molecule has 1 nitrogen and oxygen atoms in total. The first-order valence-corrected chi connectivity index (χ1v) is 6.20. The predicted octanol–water partition coefficient (Wildman–Crippen LogP) is 4.64. The largest absolute Gasteiger partial charge is 0.356 e. The monoisotopic (exact) mass is 278 g/mol. The lowest BCUT2D eigenvalue weighted by molar-refractivity contribution is -0.140. The van der Waals surface area contributed by atoms with Gasteiger partial charge < -0.3 is 0 Å². The van der Waals surface area contributed by atoms with E-state index in [2.05, 4.69) is 0 Å². The summed E-state index contributed by atoms with van der Waals surface area (Å²) < 4.78 is 27.4. The number of alkyl halides is 2. The molecule has 0 bridgehead atoms. The number of benzene rings is 1. The molecule has 0 aliphatic carbocycles. The van der Waals surface area contributed by atoms with Gasteiger partial charge in [-0.15, -0.1) is 0 Å². The molecule has 0 radical (unpaired) electrons. The second kappa shape index (κ2) is 4.94. The number of hydrogen-bond acceptors (Lipinski definition) is 2. The maximum absolute atomic E-state index is 13.7. The maximum atomic E-state index is 13.7. The van der Waals surface area contributed by atoms with Crippen molar-refractivity contribution in [2.45, 2.75) is 30.9 Å². The van der Waals surface area contributed by atoms with Crippen LogP contribution in [0, 0.1) is 5.41 Å². The fourth-order valence-electron chi connectivity index (χ4n) is 1.13. The Balaban J connectivity index is 2.86. The average molecular weight is 279 g/mol. The molecule has 0 aromatic heterocycles. The Morgan fingerprint density at radius 2 is 1.65 bits per heavy atom. The second-order valence-corrected chi connectivity index (χ2v) is 6.28. The predicted molar refractivity (Wildman–Crippen MR) is 66.7 cm³/mol. The highest BCUT2D eigenvalue weighted by molar-refractivity contribution is 8.01. The highest BCUT2D eigenvalue weighted by Gasteiger charge is 2.45. The summed E-state index contributed by atoms with van der Waals surface area (Å²) in [5.41, 5.74) is -1.07. The summed E-state index contributed by atoms with van der Waals surface area (Å²) in [6.07, 6.45) is 0. The highest BCUT2D eigenvalue weighted by Crippen LogP contribution is 2.41. The van der Waals surface area contributed by atoms with Gasteiger partial charge in [0.1, 0.15) is 0 Å². The Bertz CT molecular complexity index is 410. The van der Waals surface area contributed by atoms with Crippen LogP contribution in [-0.2, 0) is 4.79 Å². The molecule has 94 valence electrons. The maximum Gasteiger partial charge on any atom is 0.356 e. The molecular weight excluding hydrogens is 266 g/mol. The first kappa shape index (κ1) is 14.5. The minimum Gasteiger partial charge on any atom is -0.291 e. The van der Waals surface area contributed by atoms with Crippen LogP contribution in [0.4, 0.5) is 8.78 Å². The second-order valence-electron chi connectivity index (χ2n) is 4.65. The van der Waals surface area contributed by atoms with Crippen molar-refractivity contribution < 1.29 is 13.6 Å². The molecule has 0 saturated heterocycles. The van der Waals surface area contributed by atoms with E-state index in [9.17, 15) is 13.6 Å². The van der Waals surface area contributed by atoms with Gasteiger partial charge in [-0.1, -0.05) is 32.4 Å². The third kappa shape index (κ3) is 3.96. The Morgan fingerprint density at radius 1 is 1.18 bits per heavy atom. The van der Waals surface area contributed by atoms with Crippen LogP contribution in [0.2, 0.25) is 5.02 Å². The van der Waals surface area contributed by atoms with E-state index in [4.69, 9.17) is 11.6 Å². The molecule has 1 aromatic rings. The number of Topliss-reactive ketones (excluding diaryl/α,β-unsaturated/α-hetero) is 1. The van der Waals surface area contributed by atoms with E-state index < -0.39 is 16.5 Å². The molecule has 1 rings (SSSR count). The summed E-state index contributed by atoms with van der Waals surface area (Å²) in [4.78, 5) is 11.9. The van der Waals surface area contributed by atoms with Gasteiger partial charge >= 0.3 is 5.25 Å². The fraction of sp³-hybridized carbons (Fsp3) is 0.417. The number of hydrogen-bond donors (Lipinski definition) is 0. The van der Waals surface area contributed by atoms with Gasteiger partial charge in [0.2, 0.25) is 5.78 Å². The van der Waals surface area contributed by atoms with Crippen LogP contribution in [0.3, 0.4) is 0 Å². The summed E-state index contributed by atoms with van der Waals surface area (Å²) in [6, 6.07) is 5.97. The van der Waals surface area contributed by atoms with Gasteiger partial charge in [-0.3, -0.25) is 4.79 Å². The first-order valence-electron chi connectivity index (χ1n) is 5.00. The van der Waals surface area contributed by atoms with Crippen molar-refractivity contribution >= 4 is 29.1 Å². The first-order chi connectivity index (χ1) is 7.63. The number of carbonyl (C=O) groups is 1. The third-order valence-corrected chi connectivity index (χ3v) is 3.21. The van der Waals surface area contributed by atoms with Crippen LogP contribution < -0.4 is 0 Å². The van der Waals surface area contributed by atoms with E-state index in [1.54, 1.807) is 0 Å². The Morgan fingerprint density at radius 3 is 2.06 bits per heavy atom. The summed E-state index contributed by atoms with van der Waals surface area (Å²) in [5.74, 6) is -1.08. The van der Waals surface area contributed by atoms with Crippen molar-refractivity contribution in [1.82, 2.24) is 0 Å². The van der Waals surface area contributed by atoms with Gasteiger partial charge in [0.25, 0.3) is 0 Å². The van der Waals surface area contributed by atoms with Crippen LogP contribution in [0.25, 0.3) is 0 Å². The minimum atomic E-state index is -3.42. The molecule has 0 amide bonds. The molecule has 5 heteroatoms. The van der Waals surface area contributed by atoms with Gasteiger partial charge in [-0.2, -0.15) is 8.78 Å². The van der Waals surface area contributed by atoms with Crippen molar-refractivity contribution in [2.75, 3.05) is 0 Å². The summed E-state index contributed by atoms with van der Waals surface area (Å²) in [5, 5.41) is -2.95. The number of carbonyl (C=O) groups excluding carboxylic acids is 1. The number of rotatable bonds is 3. The zero-order valence-electron chi connectivity index (χ0n) is 9.76. The average Bonchev–Trinajstić information content (AvgIpc) is 2.19. The molecule has 0 unspecified atom stereocenters. The summed E-state index contributed by atoms with van der Waals surface area (Å²) in [7, 11) is 0. The number of ketones is 1. The highest BCUT2D eigenvalue weighted by atomic mass is 35.5.